The molecule has 0 bridgehead atoms. The van der Waals surface area contributed by atoms with Crippen molar-refractivity contribution in [3.8, 4) is 5.75 Å². The smallest absolute Gasteiger partial charge is 0.234 e. The molecule has 2 aliphatic heterocycles. The molecule has 130 valence electrons. The van der Waals surface area contributed by atoms with Gasteiger partial charge in [0.2, 0.25) is 11.8 Å². The minimum atomic E-state index is -0.277. The van der Waals surface area contributed by atoms with Crippen LogP contribution in [0.3, 0.4) is 0 Å². The van der Waals surface area contributed by atoms with E-state index in [1.54, 1.807) is 7.11 Å². The van der Waals surface area contributed by atoms with Gasteiger partial charge in [0.1, 0.15) is 5.75 Å². The van der Waals surface area contributed by atoms with Crippen LogP contribution in [0.5, 0.6) is 5.75 Å². The number of piperidine rings is 1. The Kier molecular flexibility index (Phi) is 5.04. The van der Waals surface area contributed by atoms with Gasteiger partial charge in [-0.25, -0.2) is 0 Å². The number of nitrogens with zero attached hydrogens (tertiary/aromatic N) is 1. The molecule has 6 nitrogen and oxygen atoms in total. The number of nitrogens with one attached hydrogen (secondary N) is 2. The highest BCUT2D eigenvalue weighted by molar-refractivity contribution is 5.84. The Labute approximate surface area is 142 Å². The van der Waals surface area contributed by atoms with Crippen LogP contribution in [0.4, 0.5) is 0 Å². The highest BCUT2D eigenvalue weighted by Gasteiger charge is 2.45. The highest BCUT2D eigenvalue weighted by atomic mass is 16.5. The number of amides is 2. The van der Waals surface area contributed by atoms with Crippen LogP contribution in [-0.2, 0) is 16.1 Å². The first-order valence-electron chi connectivity index (χ1n) is 8.52. The van der Waals surface area contributed by atoms with Crippen LogP contribution in [0.25, 0.3) is 0 Å². The third-order valence-electron chi connectivity index (χ3n) is 5.07. The van der Waals surface area contributed by atoms with E-state index in [0.717, 1.165) is 43.7 Å². The number of rotatable bonds is 5. The largest absolute Gasteiger partial charge is 0.496 e. The first kappa shape index (κ1) is 16.8. The average Bonchev–Trinajstić information content (AvgIpc) is 2.99. The summed E-state index contributed by atoms with van der Waals surface area (Å²) in [5, 5.41) is 5.91. The van der Waals surface area contributed by atoms with Crippen molar-refractivity contribution in [2.75, 3.05) is 33.3 Å². The van der Waals surface area contributed by atoms with Crippen molar-refractivity contribution >= 4 is 11.8 Å². The van der Waals surface area contributed by atoms with Gasteiger partial charge in [0.15, 0.2) is 0 Å². The Balaban J connectivity index is 1.50. The maximum atomic E-state index is 12.2. The van der Waals surface area contributed by atoms with Gasteiger partial charge in [0.05, 0.1) is 19.1 Å². The molecule has 2 aliphatic rings. The molecule has 6 heteroatoms. The van der Waals surface area contributed by atoms with E-state index in [9.17, 15) is 9.59 Å². The van der Waals surface area contributed by atoms with Crippen LogP contribution < -0.4 is 15.4 Å². The van der Waals surface area contributed by atoms with E-state index in [4.69, 9.17) is 4.74 Å². The van der Waals surface area contributed by atoms with Crippen LogP contribution in [0.15, 0.2) is 24.3 Å². The third kappa shape index (κ3) is 3.53. The standard InChI is InChI=1S/C18H25N3O3/c1-24-15-6-3-2-5-14(15)11-20-16(22)12-21-10-8-18(13-21)7-4-9-19-17(18)23/h2-3,5-6H,4,7-13H2,1H3,(H,19,23)(H,20,22)/t18-/m0/s1. The van der Waals surface area contributed by atoms with Crippen LogP contribution >= 0.6 is 0 Å². The van der Waals surface area contributed by atoms with Crippen molar-refractivity contribution in [3.05, 3.63) is 29.8 Å². The average molecular weight is 331 g/mol. The number of methoxy groups -OCH3 is 1. The quantitative estimate of drug-likeness (QED) is 0.841. The molecule has 2 amide bonds. The van der Waals surface area contributed by atoms with Crippen molar-refractivity contribution < 1.29 is 14.3 Å². The summed E-state index contributed by atoms with van der Waals surface area (Å²) in [6.45, 7) is 3.04. The number of ether oxygens (including phenoxy) is 1. The van der Waals surface area contributed by atoms with Gasteiger partial charge < -0.3 is 15.4 Å². The SMILES string of the molecule is COc1ccccc1CNC(=O)CN1CC[C@@]2(CCCNC2=O)C1. The first-order valence-corrected chi connectivity index (χ1v) is 8.52. The zero-order valence-electron chi connectivity index (χ0n) is 14.1. The summed E-state index contributed by atoms with van der Waals surface area (Å²) in [5.74, 6) is 0.914. The number of likely N-dealkylation sites (tertiary alicyclic amines) is 1. The predicted octanol–water partition coefficient (Wildman–Crippen LogP) is 0.913. The van der Waals surface area contributed by atoms with Crippen LogP contribution in [0, 0.1) is 5.41 Å². The Hall–Kier alpha value is -2.08. The second-order valence-electron chi connectivity index (χ2n) is 6.69. The molecule has 0 aromatic heterocycles. The van der Waals surface area contributed by atoms with Gasteiger partial charge in [-0.1, -0.05) is 18.2 Å². The minimum Gasteiger partial charge on any atom is -0.496 e. The Morgan fingerprint density at radius 2 is 2.21 bits per heavy atom. The fourth-order valence-corrected chi connectivity index (χ4v) is 3.71. The molecule has 2 saturated heterocycles. The molecular formula is C18H25N3O3. The Morgan fingerprint density at radius 1 is 1.38 bits per heavy atom. The monoisotopic (exact) mass is 331 g/mol. The fraction of sp³-hybridized carbons (Fsp3) is 0.556. The van der Waals surface area contributed by atoms with Crippen molar-refractivity contribution in [2.45, 2.75) is 25.8 Å². The summed E-state index contributed by atoms with van der Waals surface area (Å²) in [6.07, 6.45) is 2.80. The molecule has 0 saturated carbocycles. The van der Waals surface area contributed by atoms with E-state index >= 15 is 0 Å². The summed E-state index contributed by atoms with van der Waals surface area (Å²) in [6, 6.07) is 7.66. The van der Waals surface area contributed by atoms with E-state index in [2.05, 4.69) is 15.5 Å². The third-order valence-corrected chi connectivity index (χ3v) is 5.07. The fourth-order valence-electron chi connectivity index (χ4n) is 3.71. The molecule has 2 N–H and O–H groups in total. The Bertz CT molecular complexity index is 619. The van der Waals surface area contributed by atoms with Crippen molar-refractivity contribution in [2.24, 2.45) is 5.41 Å². The predicted molar refractivity (Wildman–Crippen MR) is 90.6 cm³/mol. The van der Waals surface area contributed by atoms with Crippen molar-refractivity contribution in [1.82, 2.24) is 15.5 Å². The normalized spacial score (nSPS) is 24.0. The summed E-state index contributed by atoms with van der Waals surface area (Å²) in [7, 11) is 1.62. The van der Waals surface area contributed by atoms with Gasteiger partial charge in [-0.05, 0) is 31.9 Å². The number of para-hydroxylation sites is 1. The number of hydrogen-bond donors (Lipinski definition) is 2. The lowest BCUT2D eigenvalue weighted by Gasteiger charge is -2.32. The molecule has 0 unspecified atom stereocenters. The Morgan fingerprint density at radius 3 is 3.00 bits per heavy atom. The molecule has 3 rings (SSSR count). The van der Waals surface area contributed by atoms with Crippen molar-refractivity contribution in [3.63, 3.8) is 0 Å². The maximum Gasteiger partial charge on any atom is 0.234 e. The molecule has 2 fully saturated rings. The van der Waals surface area contributed by atoms with Crippen LogP contribution in [0.2, 0.25) is 0 Å². The summed E-state index contributed by atoms with van der Waals surface area (Å²) in [5.41, 5.74) is 0.680. The molecule has 2 heterocycles. The van der Waals surface area contributed by atoms with E-state index in [0.29, 0.717) is 19.6 Å². The molecule has 1 spiro atoms. The molecule has 0 radical (unpaired) electrons. The lowest BCUT2D eigenvalue weighted by Crippen LogP contribution is -2.48. The summed E-state index contributed by atoms with van der Waals surface area (Å²) in [4.78, 5) is 26.5. The highest BCUT2D eigenvalue weighted by Crippen LogP contribution is 2.37. The van der Waals surface area contributed by atoms with Crippen LogP contribution in [0.1, 0.15) is 24.8 Å². The second-order valence-corrected chi connectivity index (χ2v) is 6.69. The zero-order chi connectivity index (χ0) is 17.0. The minimum absolute atomic E-state index is 0.0193. The van der Waals surface area contributed by atoms with Crippen LogP contribution in [-0.4, -0.2) is 50.0 Å². The van der Waals surface area contributed by atoms with Gasteiger partial charge >= 0.3 is 0 Å². The second kappa shape index (κ2) is 7.21. The topological polar surface area (TPSA) is 70.7 Å². The molecule has 0 aliphatic carbocycles. The van der Waals surface area contributed by atoms with Gasteiger partial charge in [0, 0.05) is 25.2 Å². The van der Waals surface area contributed by atoms with E-state index in [1.165, 1.54) is 0 Å². The summed E-state index contributed by atoms with van der Waals surface area (Å²) >= 11 is 0. The lowest BCUT2D eigenvalue weighted by atomic mass is 9.79. The molecule has 1 aromatic rings. The van der Waals surface area contributed by atoms with Crippen molar-refractivity contribution in [1.29, 1.82) is 0 Å². The first-order chi connectivity index (χ1) is 11.6. The van der Waals surface area contributed by atoms with E-state index in [-0.39, 0.29) is 17.2 Å². The van der Waals surface area contributed by atoms with Gasteiger partial charge in [-0.15, -0.1) is 0 Å². The lowest BCUT2D eigenvalue weighted by molar-refractivity contribution is -0.133. The number of carbonyl (C=O) groups excluding carboxylic acids is 2. The van der Waals surface area contributed by atoms with Gasteiger partial charge in [0.25, 0.3) is 0 Å². The molecular weight excluding hydrogens is 306 g/mol. The molecule has 1 atom stereocenters. The van der Waals surface area contributed by atoms with E-state index in [1.807, 2.05) is 24.3 Å². The number of hydrogen-bond acceptors (Lipinski definition) is 4. The number of benzene rings is 1. The van der Waals surface area contributed by atoms with E-state index < -0.39 is 0 Å². The zero-order valence-corrected chi connectivity index (χ0v) is 14.1. The molecule has 1 aromatic carbocycles. The summed E-state index contributed by atoms with van der Waals surface area (Å²) < 4.78 is 5.29. The van der Waals surface area contributed by atoms with Gasteiger partial charge in [-0.2, -0.15) is 0 Å². The van der Waals surface area contributed by atoms with Gasteiger partial charge in [-0.3, -0.25) is 14.5 Å². The molecule has 24 heavy (non-hydrogen) atoms. The maximum absolute atomic E-state index is 12.2. The number of carbonyl (C=O) groups is 2.